The quantitative estimate of drug-likeness (QED) is 0.807. The predicted molar refractivity (Wildman–Crippen MR) is 100 cm³/mol. The van der Waals surface area contributed by atoms with Gasteiger partial charge in [0, 0.05) is 38.0 Å². The summed E-state index contributed by atoms with van der Waals surface area (Å²) in [5, 5.41) is 0. The Kier molecular flexibility index (Phi) is 6.51. The molecule has 0 aliphatic carbocycles. The maximum atomic E-state index is 12.5. The first-order chi connectivity index (χ1) is 12.3. The number of carbonyl (C=O) groups is 2. The second-order valence-electron chi connectivity index (χ2n) is 7.61. The van der Waals surface area contributed by atoms with Gasteiger partial charge >= 0.3 is 0 Å². The Labute approximate surface area is 156 Å². The highest BCUT2D eigenvalue weighted by Gasteiger charge is 2.30. The monoisotopic (exact) mass is 362 g/mol. The summed E-state index contributed by atoms with van der Waals surface area (Å²) in [5.41, 5.74) is 0.664. The van der Waals surface area contributed by atoms with Gasteiger partial charge < -0.3 is 19.3 Å². The zero-order valence-corrected chi connectivity index (χ0v) is 16.5. The molecule has 0 spiro atoms. The third-order valence-corrected chi connectivity index (χ3v) is 4.64. The predicted octanol–water partition coefficient (Wildman–Crippen LogP) is 2.35. The summed E-state index contributed by atoms with van der Waals surface area (Å²) in [6.07, 6.45) is 1.10. The third-order valence-electron chi connectivity index (χ3n) is 4.64. The Bertz CT molecular complexity index is 644. The number of hydrogen-bond acceptors (Lipinski definition) is 4. The summed E-state index contributed by atoms with van der Waals surface area (Å²) in [5.74, 6) is 1.63. The van der Waals surface area contributed by atoms with Crippen molar-refractivity contribution in [2.45, 2.75) is 33.6 Å². The average molecular weight is 362 g/mol. The highest BCUT2D eigenvalue weighted by Crippen LogP contribution is 2.28. The molecule has 0 radical (unpaired) electrons. The van der Waals surface area contributed by atoms with Crippen LogP contribution in [0.4, 0.5) is 0 Å². The molecule has 1 saturated heterocycles. The van der Waals surface area contributed by atoms with Crippen LogP contribution in [0.15, 0.2) is 18.2 Å². The zero-order valence-electron chi connectivity index (χ0n) is 16.5. The minimum atomic E-state index is -0.375. The van der Waals surface area contributed by atoms with E-state index >= 15 is 0 Å². The molecular formula is C20H30N2O4. The van der Waals surface area contributed by atoms with Crippen molar-refractivity contribution in [3.63, 3.8) is 0 Å². The molecule has 0 aromatic heterocycles. The van der Waals surface area contributed by atoms with Crippen LogP contribution in [0, 0.1) is 5.41 Å². The first kappa shape index (κ1) is 20.1. The van der Waals surface area contributed by atoms with Crippen molar-refractivity contribution in [1.82, 2.24) is 9.80 Å². The van der Waals surface area contributed by atoms with Crippen molar-refractivity contribution in [3.8, 4) is 11.5 Å². The van der Waals surface area contributed by atoms with Crippen LogP contribution in [-0.4, -0.2) is 62.0 Å². The van der Waals surface area contributed by atoms with Crippen LogP contribution >= 0.6 is 0 Å². The van der Waals surface area contributed by atoms with Crippen LogP contribution < -0.4 is 9.47 Å². The second-order valence-corrected chi connectivity index (χ2v) is 7.61. The molecule has 1 aromatic rings. The molecule has 26 heavy (non-hydrogen) atoms. The molecule has 0 atom stereocenters. The van der Waals surface area contributed by atoms with Gasteiger partial charge in [-0.15, -0.1) is 0 Å². The van der Waals surface area contributed by atoms with E-state index in [2.05, 4.69) is 0 Å². The number of benzene rings is 1. The first-order valence-electron chi connectivity index (χ1n) is 9.04. The van der Waals surface area contributed by atoms with Crippen LogP contribution in [0.3, 0.4) is 0 Å². The Morgan fingerprint density at radius 3 is 2.08 bits per heavy atom. The van der Waals surface area contributed by atoms with Gasteiger partial charge in [-0.1, -0.05) is 26.8 Å². The van der Waals surface area contributed by atoms with E-state index in [0.29, 0.717) is 50.5 Å². The fraction of sp³-hybridized carbons (Fsp3) is 0.600. The van der Waals surface area contributed by atoms with E-state index in [1.165, 1.54) is 0 Å². The number of hydrogen-bond donors (Lipinski definition) is 0. The molecule has 0 bridgehead atoms. The van der Waals surface area contributed by atoms with Crippen molar-refractivity contribution >= 4 is 11.8 Å². The minimum Gasteiger partial charge on any atom is -0.493 e. The molecule has 1 heterocycles. The summed E-state index contributed by atoms with van der Waals surface area (Å²) in [6.45, 7) is 8.21. The summed E-state index contributed by atoms with van der Waals surface area (Å²) in [6, 6.07) is 5.72. The van der Waals surface area contributed by atoms with Gasteiger partial charge in [0.1, 0.15) is 0 Å². The van der Waals surface area contributed by atoms with Crippen LogP contribution in [0.25, 0.3) is 0 Å². The Balaban J connectivity index is 1.85. The van der Waals surface area contributed by atoms with Crippen LogP contribution in [0.2, 0.25) is 0 Å². The number of carbonyl (C=O) groups excluding carboxylic acids is 2. The normalized spacial score (nSPS) is 15.0. The maximum Gasteiger partial charge on any atom is 0.228 e. The SMILES string of the molecule is COc1ccc(CCC(=O)N2CCN(C(=O)C(C)(C)C)CC2)cc1OC. The van der Waals surface area contributed by atoms with Gasteiger partial charge in [-0.3, -0.25) is 9.59 Å². The number of ether oxygens (including phenoxy) is 2. The van der Waals surface area contributed by atoms with Crippen LogP contribution in [0.5, 0.6) is 11.5 Å². The van der Waals surface area contributed by atoms with Gasteiger partial charge in [0.25, 0.3) is 0 Å². The van der Waals surface area contributed by atoms with Crippen LogP contribution in [-0.2, 0) is 16.0 Å². The second kappa shape index (κ2) is 8.43. The van der Waals surface area contributed by atoms with E-state index in [0.717, 1.165) is 5.56 Å². The molecule has 6 nitrogen and oxygen atoms in total. The molecule has 2 rings (SSSR count). The molecule has 0 saturated carbocycles. The molecule has 2 amide bonds. The molecule has 1 aromatic carbocycles. The van der Waals surface area contributed by atoms with E-state index in [4.69, 9.17) is 9.47 Å². The van der Waals surface area contributed by atoms with Gasteiger partial charge in [0.15, 0.2) is 11.5 Å². The lowest BCUT2D eigenvalue weighted by Crippen LogP contribution is -2.53. The van der Waals surface area contributed by atoms with Gasteiger partial charge in [-0.2, -0.15) is 0 Å². The summed E-state index contributed by atoms with van der Waals surface area (Å²) < 4.78 is 10.5. The number of aryl methyl sites for hydroxylation is 1. The Morgan fingerprint density at radius 2 is 1.54 bits per heavy atom. The lowest BCUT2D eigenvalue weighted by molar-refractivity contribution is -0.144. The highest BCUT2D eigenvalue weighted by atomic mass is 16.5. The average Bonchev–Trinajstić information content (AvgIpc) is 2.64. The molecule has 6 heteroatoms. The van der Waals surface area contributed by atoms with E-state index in [1.54, 1.807) is 14.2 Å². The van der Waals surface area contributed by atoms with Gasteiger partial charge in [0.2, 0.25) is 11.8 Å². The molecule has 1 aliphatic heterocycles. The molecular weight excluding hydrogens is 332 g/mol. The van der Waals surface area contributed by atoms with E-state index in [-0.39, 0.29) is 17.2 Å². The number of amides is 2. The summed E-state index contributed by atoms with van der Waals surface area (Å²) in [4.78, 5) is 28.5. The Hall–Kier alpha value is -2.24. The molecule has 0 unspecified atom stereocenters. The Morgan fingerprint density at radius 1 is 0.962 bits per heavy atom. The minimum absolute atomic E-state index is 0.127. The van der Waals surface area contributed by atoms with Crippen LogP contribution in [0.1, 0.15) is 32.8 Å². The van der Waals surface area contributed by atoms with Crippen molar-refractivity contribution < 1.29 is 19.1 Å². The smallest absolute Gasteiger partial charge is 0.228 e. The fourth-order valence-corrected chi connectivity index (χ4v) is 3.08. The molecule has 0 N–H and O–H groups in total. The zero-order chi connectivity index (χ0) is 19.3. The third kappa shape index (κ3) is 4.90. The van der Waals surface area contributed by atoms with Crippen molar-refractivity contribution in [1.29, 1.82) is 0 Å². The highest BCUT2D eigenvalue weighted by molar-refractivity contribution is 5.82. The van der Waals surface area contributed by atoms with Crippen molar-refractivity contribution in [2.24, 2.45) is 5.41 Å². The van der Waals surface area contributed by atoms with Gasteiger partial charge in [-0.05, 0) is 24.1 Å². The summed E-state index contributed by atoms with van der Waals surface area (Å²) in [7, 11) is 3.20. The van der Waals surface area contributed by atoms with Crippen molar-refractivity contribution in [3.05, 3.63) is 23.8 Å². The lowest BCUT2D eigenvalue weighted by Gasteiger charge is -2.37. The molecule has 1 fully saturated rings. The first-order valence-corrected chi connectivity index (χ1v) is 9.04. The maximum absolute atomic E-state index is 12.5. The van der Waals surface area contributed by atoms with E-state index < -0.39 is 0 Å². The number of piperazine rings is 1. The molecule has 1 aliphatic rings. The summed E-state index contributed by atoms with van der Waals surface area (Å²) >= 11 is 0. The topological polar surface area (TPSA) is 59.1 Å². The van der Waals surface area contributed by atoms with Crippen molar-refractivity contribution in [2.75, 3.05) is 40.4 Å². The van der Waals surface area contributed by atoms with Gasteiger partial charge in [0.05, 0.1) is 14.2 Å². The number of rotatable bonds is 5. The lowest BCUT2D eigenvalue weighted by atomic mass is 9.94. The van der Waals surface area contributed by atoms with E-state index in [9.17, 15) is 9.59 Å². The number of methoxy groups -OCH3 is 2. The standard InChI is InChI=1S/C20H30N2O4/c1-20(2,3)19(24)22-12-10-21(11-13-22)18(23)9-7-15-6-8-16(25-4)17(14-15)26-5/h6,8,14H,7,9-13H2,1-5H3. The van der Waals surface area contributed by atoms with E-state index in [1.807, 2.05) is 48.8 Å². The largest absolute Gasteiger partial charge is 0.493 e. The molecule has 144 valence electrons. The van der Waals surface area contributed by atoms with Gasteiger partial charge in [-0.25, -0.2) is 0 Å². The fourth-order valence-electron chi connectivity index (χ4n) is 3.08. The number of nitrogens with zero attached hydrogens (tertiary/aromatic N) is 2.